The zero-order valence-electron chi connectivity index (χ0n) is 16.7. The molecule has 0 amide bonds. The van der Waals surface area contributed by atoms with Crippen LogP contribution in [0.25, 0.3) is 0 Å². The van der Waals surface area contributed by atoms with E-state index in [2.05, 4.69) is 30.7 Å². The highest BCUT2D eigenvalue weighted by atomic mass is 32.1. The van der Waals surface area contributed by atoms with Crippen LogP contribution in [0.15, 0.2) is 34.6 Å². The molecule has 0 spiro atoms. The van der Waals surface area contributed by atoms with Crippen molar-refractivity contribution in [3.63, 3.8) is 0 Å². The van der Waals surface area contributed by atoms with Crippen LogP contribution in [0.2, 0.25) is 0 Å². The van der Waals surface area contributed by atoms with Crippen molar-refractivity contribution >= 4 is 17.3 Å². The number of benzene rings is 1. The molecule has 0 aliphatic heterocycles. The predicted octanol–water partition coefficient (Wildman–Crippen LogP) is 4.22. The van der Waals surface area contributed by atoms with Gasteiger partial charge < -0.3 is 15.4 Å². The van der Waals surface area contributed by atoms with Gasteiger partial charge in [0, 0.05) is 30.6 Å². The third-order valence-electron chi connectivity index (χ3n) is 3.85. The molecule has 0 radical (unpaired) electrons. The molecule has 2 aromatic rings. The van der Waals surface area contributed by atoms with Crippen molar-refractivity contribution in [1.82, 2.24) is 15.6 Å². The zero-order chi connectivity index (χ0) is 21.1. The SMILES string of the molecule is CCNC(=NCc1ccc(COCC(F)(F)F)cc1)NCCCc1nc(C)cs1. The topological polar surface area (TPSA) is 58.5 Å². The van der Waals surface area contributed by atoms with E-state index in [1.54, 1.807) is 23.5 Å². The molecule has 1 heterocycles. The largest absolute Gasteiger partial charge is 0.411 e. The van der Waals surface area contributed by atoms with Crippen LogP contribution in [0, 0.1) is 6.92 Å². The van der Waals surface area contributed by atoms with Crippen LogP contribution < -0.4 is 10.6 Å². The van der Waals surface area contributed by atoms with Gasteiger partial charge in [0.05, 0.1) is 18.2 Å². The van der Waals surface area contributed by atoms with Crippen LogP contribution in [0.5, 0.6) is 0 Å². The van der Waals surface area contributed by atoms with Crippen molar-refractivity contribution in [2.45, 2.75) is 46.0 Å². The molecule has 29 heavy (non-hydrogen) atoms. The van der Waals surface area contributed by atoms with E-state index in [4.69, 9.17) is 0 Å². The lowest BCUT2D eigenvalue weighted by Gasteiger charge is -2.11. The molecule has 0 fully saturated rings. The molecule has 0 atom stereocenters. The molecular formula is C20H27F3N4OS. The first-order valence-electron chi connectivity index (χ1n) is 9.51. The molecule has 0 unspecified atom stereocenters. The van der Waals surface area contributed by atoms with E-state index in [0.717, 1.165) is 48.2 Å². The van der Waals surface area contributed by atoms with E-state index in [9.17, 15) is 13.2 Å². The van der Waals surface area contributed by atoms with E-state index >= 15 is 0 Å². The number of thiazole rings is 1. The number of rotatable bonds is 10. The zero-order valence-corrected chi connectivity index (χ0v) is 17.5. The van der Waals surface area contributed by atoms with Gasteiger partial charge in [-0.1, -0.05) is 24.3 Å². The first kappa shape index (κ1) is 23.2. The number of aryl methyl sites for hydroxylation is 2. The molecule has 0 aliphatic carbocycles. The standard InChI is InChI=1S/C20H27F3N4OS/c1-3-24-19(25-10-4-5-18-27-15(2)13-29-18)26-11-16-6-8-17(9-7-16)12-28-14-20(21,22)23/h6-9,13H,3-5,10-12,14H2,1-2H3,(H2,24,25,26). The van der Waals surface area contributed by atoms with Crippen LogP contribution in [0.1, 0.15) is 35.2 Å². The van der Waals surface area contributed by atoms with Crippen molar-refractivity contribution in [2.75, 3.05) is 19.7 Å². The molecule has 2 N–H and O–H groups in total. The monoisotopic (exact) mass is 428 g/mol. The second-order valence-corrected chi connectivity index (χ2v) is 7.48. The van der Waals surface area contributed by atoms with Gasteiger partial charge in [-0.2, -0.15) is 13.2 Å². The Morgan fingerprint density at radius 2 is 1.90 bits per heavy atom. The molecule has 1 aromatic heterocycles. The lowest BCUT2D eigenvalue weighted by Crippen LogP contribution is -2.37. The molecule has 0 saturated carbocycles. The summed E-state index contributed by atoms with van der Waals surface area (Å²) in [5.74, 6) is 0.736. The second-order valence-electron chi connectivity index (χ2n) is 6.53. The van der Waals surface area contributed by atoms with Crippen LogP contribution in [-0.2, 0) is 24.3 Å². The Morgan fingerprint density at radius 1 is 1.17 bits per heavy atom. The number of aliphatic imine (C=N–C) groups is 1. The number of guanidine groups is 1. The molecule has 2 rings (SSSR count). The number of hydrogen-bond acceptors (Lipinski definition) is 4. The highest BCUT2D eigenvalue weighted by Crippen LogP contribution is 2.16. The van der Waals surface area contributed by atoms with Crippen LogP contribution in [0.3, 0.4) is 0 Å². The maximum atomic E-state index is 12.1. The average Bonchev–Trinajstić information content (AvgIpc) is 3.08. The third-order valence-corrected chi connectivity index (χ3v) is 4.87. The quantitative estimate of drug-likeness (QED) is 0.338. The molecule has 1 aromatic carbocycles. The van der Waals surface area contributed by atoms with Crippen molar-refractivity contribution in [3.8, 4) is 0 Å². The molecule has 160 valence electrons. The lowest BCUT2D eigenvalue weighted by atomic mass is 10.1. The van der Waals surface area contributed by atoms with E-state index in [1.165, 1.54) is 0 Å². The van der Waals surface area contributed by atoms with E-state index in [1.807, 2.05) is 26.0 Å². The fourth-order valence-corrected chi connectivity index (χ4v) is 3.32. The van der Waals surface area contributed by atoms with Gasteiger partial charge in [0.15, 0.2) is 5.96 Å². The van der Waals surface area contributed by atoms with Gasteiger partial charge in [-0.15, -0.1) is 11.3 Å². The summed E-state index contributed by atoms with van der Waals surface area (Å²) in [6.07, 6.45) is -2.41. The van der Waals surface area contributed by atoms with Crippen LogP contribution in [0.4, 0.5) is 13.2 Å². The Kier molecular flexibility index (Phi) is 9.40. The number of aromatic nitrogens is 1. The number of alkyl halides is 3. The molecule has 0 bridgehead atoms. The first-order chi connectivity index (χ1) is 13.9. The van der Waals surface area contributed by atoms with E-state index < -0.39 is 12.8 Å². The van der Waals surface area contributed by atoms with E-state index in [-0.39, 0.29) is 6.61 Å². The Bertz CT molecular complexity index is 760. The van der Waals surface area contributed by atoms with Crippen molar-refractivity contribution in [3.05, 3.63) is 51.5 Å². The summed E-state index contributed by atoms with van der Waals surface area (Å²) >= 11 is 1.68. The molecule has 0 saturated heterocycles. The van der Waals surface area contributed by atoms with Crippen molar-refractivity contribution < 1.29 is 17.9 Å². The van der Waals surface area contributed by atoms with Gasteiger partial charge in [0.2, 0.25) is 0 Å². The van der Waals surface area contributed by atoms with Gasteiger partial charge in [-0.25, -0.2) is 9.98 Å². The van der Waals surface area contributed by atoms with Gasteiger partial charge >= 0.3 is 6.18 Å². The summed E-state index contributed by atoms with van der Waals surface area (Å²) in [4.78, 5) is 9.02. The Balaban J connectivity index is 1.76. The van der Waals surface area contributed by atoms with Crippen LogP contribution in [-0.4, -0.2) is 36.8 Å². The minimum atomic E-state index is -4.30. The summed E-state index contributed by atoms with van der Waals surface area (Å²) in [5, 5.41) is 9.72. The summed E-state index contributed by atoms with van der Waals surface area (Å²) in [5.41, 5.74) is 2.73. The fraction of sp³-hybridized carbons (Fsp3) is 0.500. The molecule has 9 heteroatoms. The van der Waals surface area contributed by atoms with Gasteiger partial charge in [-0.05, 0) is 31.4 Å². The first-order valence-corrected chi connectivity index (χ1v) is 10.4. The normalized spacial score (nSPS) is 12.2. The Morgan fingerprint density at radius 3 is 2.52 bits per heavy atom. The summed E-state index contributed by atoms with van der Waals surface area (Å²) in [7, 11) is 0. The average molecular weight is 429 g/mol. The van der Waals surface area contributed by atoms with E-state index in [0.29, 0.717) is 12.1 Å². The minimum absolute atomic E-state index is 0.0636. The number of ether oxygens (including phenoxy) is 1. The maximum Gasteiger partial charge on any atom is 0.411 e. The highest BCUT2D eigenvalue weighted by Gasteiger charge is 2.27. The van der Waals surface area contributed by atoms with Gasteiger partial charge in [-0.3, -0.25) is 0 Å². The molecule has 5 nitrogen and oxygen atoms in total. The second kappa shape index (κ2) is 11.8. The number of nitrogens with one attached hydrogen (secondary N) is 2. The van der Waals surface area contributed by atoms with Crippen molar-refractivity contribution in [1.29, 1.82) is 0 Å². The maximum absolute atomic E-state index is 12.1. The number of nitrogens with zero attached hydrogens (tertiary/aromatic N) is 2. The number of halogens is 3. The smallest absolute Gasteiger partial charge is 0.367 e. The summed E-state index contributed by atoms with van der Waals surface area (Å²) in [6, 6.07) is 7.23. The summed E-state index contributed by atoms with van der Waals surface area (Å²) in [6.45, 7) is 4.73. The summed E-state index contributed by atoms with van der Waals surface area (Å²) < 4.78 is 41.0. The van der Waals surface area contributed by atoms with Gasteiger partial charge in [0.25, 0.3) is 0 Å². The van der Waals surface area contributed by atoms with Crippen LogP contribution >= 0.6 is 11.3 Å². The number of hydrogen-bond donors (Lipinski definition) is 2. The lowest BCUT2D eigenvalue weighted by molar-refractivity contribution is -0.176. The predicted molar refractivity (Wildman–Crippen MR) is 110 cm³/mol. The van der Waals surface area contributed by atoms with Gasteiger partial charge in [0.1, 0.15) is 6.61 Å². The Hall–Kier alpha value is -2.13. The molecule has 0 aliphatic rings. The fourth-order valence-electron chi connectivity index (χ4n) is 2.50. The Labute approximate surface area is 173 Å². The third kappa shape index (κ3) is 9.76. The highest BCUT2D eigenvalue weighted by molar-refractivity contribution is 7.09. The molecular weight excluding hydrogens is 401 g/mol. The van der Waals surface area contributed by atoms with Crippen molar-refractivity contribution in [2.24, 2.45) is 4.99 Å². The minimum Gasteiger partial charge on any atom is -0.367 e.